The largest absolute Gasteiger partial charge is 0.463 e. The highest BCUT2D eigenvalue weighted by atomic mass is 79.9. The summed E-state index contributed by atoms with van der Waals surface area (Å²) in [5.41, 5.74) is 0.480. The predicted octanol–water partition coefficient (Wildman–Crippen LogP) is 5.70. The molecule has 0 aromatic heterocycles. The van der Waals surface area contributed by atoms with Gasteiger partial charge < -0.3 is 14.2 Å². The second kappa shape index (κ2) is 10.2. The molecular weight excluding hydrogens is 455 g/mol. The Labute approximate surface area is 184 Å². The Hall–Kier alpha value is -2.15. The number of benzene rings is 1. The molecule has 0 bridgehead atoms. The number of allylic oxidation sites excluding steroid dienone is 1. The zero-order valence-corrected chi connectivity index (χ0v) is 18.8. The maximum Gasteiger partial charge on any atom is 0.341 e. The van der Waals surface area contributed by atoms with Gasteiger partial charge in [0, 0.05) is 10.4 Å². The highest BCUT2D eigenvalue weighted by molar-refractivity contribution is 9.10. The van der Waals surface area contributed by atoms with Crippen LogP contribution in [0.4, 0.5) is 4.39 Å². The zero-order valence-electron chi connectivity index (χ0n) is 17.2. The van der Waals surface area contributed by atoms with Gasteiger partial charge in [0.05, 0.1) is 24.7 Å². The fourth-order valence-electron chi connectivity index (χ4n) is 4.10. The van der Waals surface area contributed by atoms with Crippen LogP contribution >= 0.6 is 15.9 Å². The lowest BCUT2D eigenvalue weighted by molar-refractivity contribution is -0.140. The first-order chi connectivity index (χ1) is 14.5. The van der Waals surface area contributed by atoms with Crippen molar-refractivity contribution in [2.24, 2.45) is 5.92 Å². The topological polar surface area (TPSA) is 61.8 Å². The molecule has 2 aliphatic rings. The van der Waals surface area contributed by atoms with Gasteiger partial charge in [0.1, 0.15) is 11.3 Å². The summed E-state index contributed by atoms with van der Waals surface area (Å²) in [5.74, 6) is -2.20. The Balaban J connectivity index is 2.19. The van der Waals surface area contributed by atoms with Crippen molar-refractivity contribution < 1.29 is 28.2 Å². The Morgan fingerprint density at radius 2 is 1.57 bits per heavy atom. The van der Waals surface area contributed by atoms with Crippen molar-refractivity contribution in [2.45, 2.75) is 51.9 Å². The first kappa shape index (κ1) is 22.5. The molecule has 1 fully saturated rings. The molecule has 5 nitrogen and oxygen atoms in total. The summed E-state index contributed by atoms with van der Waals surface area (Å²) in [5, 5.41) is 0. The van der Waals surface area contributed by atoms with Crippen LogP contribution in [0.5, 0.6) is 0 Å². The van der Waals surface area contributed by atoms with Crippen molar-refractivity contribution in [3.05, 3.63) is 57.2 Å². The van der Waals surface area contributed by atoms with E-state index in [1.807, 2.05) is 0 Å². The number of hydrogen-bond donors (Lipinski definition) is 0. The highest BCUT2D eigenvalue weighted by Gasteiger charge is 2.44. The molecule has 0 N–H and O–H groups in total. The van der Waals surface area contributed by atoms with Gasteiger partial charge >= 0.3 is 11.9 Å². The molecule has 1 aliphatic carbocycles. The maximum absolute atomic E-state index is 15.2. The monoisotopic (exact) mass is 480 g/mol. The Morgan fingerprint density at radius 1 is 1.00 bits per heavy atom. The third-order valence-corrected chi connectivity index (χ3v) is 5.95. The minimum Gasteiger partial charge on any atom is -0.463 e. The molecule has 1 aromatic rings. The van der Waals surface area contributed by atoms with Crippen LogP contribution in [-0.2, 0) is 23.8 Å². The summed E-state index contributed by atoms with van der Waals surface area (Å²) < 4.78 is 32.0. The highest BCUT2D eigenvalue weighted by Crippen LogP contribution is 2.46. The van der Waals surface area contributed by atoms with Crippen molar-refractivity contribution in [3.8, 4) is 0 Å². The van der Waals surface area contributed by atoms with E-state index in [2.05, 4.69) is 15.9 Å². The van der Waals surface area contributed by atoms with Crippen molar-refractivity contribution in [2.75, 3.05) is 13.2 Å². The van der Waals surface area contributed by atoms with Gasteiger partial charge in [0.25, 0.3) is 6.01 Å². The van der Waals surface area contributed by atoms with Crippen LogP contribution in [0.3, 0.4) is 0 Å². The summed E-state index contributed by atoms with van der Waals surface area (Å²) in [6.07, 6.45) is 4.65. The molecule has 1 unspecified atom stereocenters. The molecule has 0 radical (unpaired) electrons. The van der Waals surface area contributed by atoms with Crippen LogP contribution in [0.1, 0.15) is 57.4 Å². The smallest absolute Gasteiger partial charge is 0.341 e. The van der Waals surface area contributed by atoms with Gasteiger partial charge in [-0.1, -0.05) is 47.3 Å². The number of carbonyl (C=O) groups excluding carboxylic acids is 2. The van der Waals surface area contributed by atoms with Crippen LogP contribution < -0.4 is 0 Å². The number of esters is 2. The third kappa shape index (κ3) is 4.77. The lowest BCUT2D eigenvalue weighted by atomic mass is 9.78. The number of halogens is 2. The average Bonchev–Trinajstić information content (AvgIpc) is 2.74. The van der Waals surface area contributed by atoms with Gasteiger partial charge in [0.15, 0.2) is 0 Å². The second-order valence-electron chi connectivity index (χ2n) is 7.33. The molecule has 0 saturated heterocycles. The summed E-state index contributed by atoms with van der Waals surface area (Å²) in [6, 6.07) is 6.08. The van der Waals surface area contributed by atoms with E-state index in [0.717, 1.165) is 36.6 Å². The normalized spacial score (nSPS) is 20.1. The van der Waals surface area contributed by atoms with E-state index in [9.17, 15) is 9.59 Å². The van der Waals surface area contributed by atoms with E-state index < -0.39 is 23.9 Å². The average molecular weight is 481 g/mol. The maximum atomic E-state index is 15.2. The molecule has 1 aliphatic heterocycles. The number of rotatable bonds is 6. The minimum absolute atomic E-state index is 0.0800. The lowest BCUT2D eigenvalue weighted by Crippen LogP contribution is -2.30. The van der Waals surface area contributed by atoms with Gasteiger partial charge in [-0.05, 0) is 44.4 Å². The Kier molecular flexibility index (Phi) is 7.69. The van der Waals surface area contributed by atoms with Crippen LogP contribution in [0.15, 0.2) is 51.7 Å². The Bertz CT molecular complexity index is 853. The molecule has 0 amide bonds. The molecule has 162 valence electrons. The van der Waals surface area contributed by atoms with E-state index in [4.69, 9.17) is 14.2 Å². The Morgan fingerprint density at radius 3 is 2.13 bits per heavy atom. The van der Waals surface area contributed by atoms with E-state index in [1.165, 1.54) is 0 Å². The number of hydrogen-bond acceptors (Lipinski definition) is 5. The summed E-state index contributed by atoms with van der Waals surface area (Å²) in [4.78, 5) is 25.8. The van der Waals surface area contributed by atoms with Crippen molar-refractivity contribution in [1.29, 1.82) is 0 Å². The van der Waals surface area contributed by atoms with Crippen molar-refractivity contribution in [3.63, 3.8) is 0 Å². The van der Waals surface area contributed by atoms with Gasteiger partial charge in [-0.25, -0.2) is 9.59 Å². The molecule has 3 rings (SSSR count). The van der Waals surface area contributed by atoms with E-state index in [1.54, 1.807) is 38.1 Å². The van der Waals surface area contributed by atoms with E-state index >= 15 is 4.39 Å². The standard InChI is InChI=1S/C23H26BrFO5/c1-3-28-22(26)18-17(14-10-12-16(24)13-11-14)19(23(27)29-4-2)21(25)30-20(18)15-8-6-5-7-9-15/h10-13,15,17H,3-9H2,1-2H3. The predicted molar refractivity (Wildman–Crippen MR) is 113 cm³/mol. The number of carbonyl (C=O) groups is 2. The van der Waals surface area contributed by atoms with Crippen LogP contribution in [0, 0.1) is 5.92 Å². The SMILES string of the molecule is CCOC(=O)C1=C(F)OC(C2CCCCC2)=C(C(=O)OCC)C1c1ccc(Br)cc1. The van der Waals surface area contributed by atoms with E-state index in [0.29, 0.717) is 5.56 Å². The van der Waals surface area contributed by atoms with Gasteiger partial charge in [-0.15, -0.1) is 0 Å². The summed E-state index contributed by atoms with van der Waals surface area (Å²) >= 11 is 3.39. The molecule has 1 heterocycles. The third-order valence-electron chi connectivity index (χ3n) is 5.42. The first-order valence-electron chi connectivity index (χ1n) is 10.4. The van der Waals surface area contributed by atoms with Crippen LogP contribution in [-0.4, -0.2) is 25.2 Å². The minimum atomic E-state index is -1.00. The molecular formula is C23H26BrFO5. The molecule has 0 spiro atoms. The van der Waals surface area contributed by atoms with Crippen LogP contribution in [0.25, 0.3) is 0 Å². The second-order valence-corrected chi connectivity index (χ2v) is 8.24. The molecule has 1 aromatic carbocycles. The molecule has 7 heteroatoms. The summed E-state index contributed by atoms with van der Waals surface area (Å²) in [6.45, 7) is 3.59. The zero-order chi connectivity index (χ0) is 21.7. The van der Waals surface area contributed by atoms with E-state index in [-0.39, 0.29) is 36.0 Å². The van der Waals surface area contributed by atoms with Gasteiger partial charge in [0.2, 0.25) is 0 Å². The molecule has 1 saturated carbocycles. The van der Waals surface area contributed by atoms with Crippen molar-refractivity contribution in [1.82, 2.24) is 0 Å². The fourth-order valence-corrected chi connectivity index (χ4v) is 4.36. The number of ether oxygens (including phenoxy) is 3. The quantitative estimate of drug-likeness (QED) is 0.488. The summed E-state index contributed by atoms with van der Waals surface area (Å²) in [7, 11) is 0. The fraction of sp³-hybridized carbons (Fsp3) is 0.478. The molecule has 1 atom stereocenters. The van der Waals surface area contributed by atoms with Crippen LogP contribution in [0.2, 0.25) is 0 Å². The van der Waals surface area contributed by atoms with Gasteiger partial charge in [-0.2, -0.15) is 4.39 Å². The van der Waals surface area contributed by atoms with Gasteiger partial charge in [-0.3, -0.25) is 0 Å². The van der Waals surface area contributed by atoms with Crippen molar-refractivity contribution >= 4 is 27.9 Å². The first-order valence-corrected chi connectivity index (χ1v) is 11.2. The molecule has 30 heavy (non-hydrogen) atoms. The lowest BCUT2D eigenvalue weighted by Gasteiger charge is -2.33.